The number of amides is 1. The number of benzene rings is 1. The van der Waals surface area contributed by atoms with Gasteiger partial charge in [0.15, 0.2) is 0 Å². The van der Waals surface area contributed by atoms with Crippen LogP contribution < -0.4 is 4.90 Å². The van der Waals surface area contributed by atoms with Gasteiger partial charge in [0.05, 0.1) is 4.47 Å². The SMILES string of the molecule is O=C(O)N(c1ccc(F)c(Br)c1)C1CCCC1. The van der Waals surface area contributed by atoms with E-state index < -0.39 is 6.09 Å². The molecule has 1 aliphatic carbocycles. The second-order valence-electron chi connectivity index (χ2n) is 4.19. The fourth-order valence-electron chi connectivity index (χ4n) is 2.27. The summed E-state index contributed by atoms with van der Waals surface area (Å²) in [6.45, 7) is 0. The Kier molecular flexibility index (Phi) is 3.66. The molecule has 0 spiro atoms. The van der Waals surface area contributed by atoms with E-state index in [4.69, 9.17) is 0 Å². The summed E-state index contributed by atoms with van der Waals surface area (Å²) in [6.07, 6.45) is 2.88. The molecule has 1 aromatic carbocycles. The maximum atomic E-state index is 13.1. The topological polar surface area (TPSA) is 40.5 Å². The lowest BCUT2D eigenvalue weighted by atomic mass is 10.2. The fraction of sp³-hybridized carbons (Fsp3) is 0.417. The van der Waals surface area contributed by atoms with Gasteiger partial charge in [0, 0.05) is 11.7 Å². The highest BCUT2D eigenvalue weighted by atomic mass is 79.9. The minimum Gasteiger partial charge on any atom is -0.465 e. The summed E-state index contributed by atoms with van der Waals surface area (Å²) < 4.78 is 13.4. The van der Waals surface area contributed by atoms with E-state index in [0.29, 0.717) is 10.2 Å². The zero-order valence-electron chi connectivity index (χ0n) is 9.20. The van der Waals surface area contributed by atoms with E-state index in [9.17, 15) is 14.3 Å². The molecule has 0 aliphatic heterocycles. The lowest BCUT2D eigenvalue weighted by Crippen LogP contribution is -2.37. The van der Waals surface area contributed by atoms with Crippen LogP contribution in [0.4, 0.5) is 14.9 Å². The third-order valence-corrected chi connectivity index (χ3v) is 3.68. The first-order valence-electron chi connectivity index (χ1n) is 5.57. The molecule has 0 saturated heterocycles. The molecule has 0 radical (unpaired) electrons. The summed E-state index contributed by atoms with van der Waals surface area (Å²) >= 11 is 3.08. The Morgan fingerprint density at radius 3 is 2.59 bits per heavy atom. The number of halogens is 2. The first kappa shape index (κ1) is 12.4. The minimum atomic E-state index is -0.976. The van der Waals surface area contributed by atoms with Gasteiger partial charge in [-0.3, -0.25) is 4.90 Å². The Labute approximate surface area is 107 Å². The Bertz CT molecular complexity index is 433. The zero-order chi connectivity index (χ0) is 12.4. The largest absolute Gasteiger partial charge is 0.465 e. The van der Waals surface area contributed by atoms with Crippen LogP contribution in [-0.4, -0.2) is 17.2 Å². The molecule has 1 aromatic rings. The normalized spacial score (nSPS) is 16.1. The maximum Gasteiger partial charge on any atom is 0.412 e. The van der Waals surface area contributed by atoms with Gasteiger partial charge in [-0.05, 0) is 47.0 Å². The molecule has 1 amide bonds. The summed E-state index contributed by atoms with van der Waals surface area (Å²) in [5.41, 5.74) is 0.526. The van der Waals surface area contributed by atoms with Crippen LogP contribution in [0.25, 0.3) is 0 Å². The van der Waals surface area contributed by atoms with Gasteiger partial charge in [-0.1, -0.05) is 12.8 Å². The monoisotopic (exact) mass is 301 g/mol. The Hall–Kier alpha value is -1.10. The van der Waals surface area contributed by atoms with Crippen LogP contribution in [-0.2, 0) is 0 Å². The highest BCUT2D eigenvalue weighted by molar-refractivity contribution is 9.10. The number of carbonyl (C=O) groups is 1. The second-order valence-corrected chi connectivity index (χ2v) is 5.04. The molecule has 0 aromatic heterocycles. The van der Waals surface area contributed by atoms with Gasteiger partial charge in [0.25, 0.3) is 0 Å². The molecular formula is C12H13BrFNO2. The fourth-order valence-corrected chi connectivity index (χ4v) is 2.64. The van der Waals surface area contributed by atoms with Crippen molar-refractivity contribution in [3.8, 4) is 0 Å². The van der Waals surface area contributed by atoms with Crippen molar-refractivity contribution in [2.75, 3.05) is 4.90 Å². The minimum absolute atomic E-state index is 0.0184. The Morgan fingerprint density at radius 1 is 1.41 bits per heavy atom. The average molecular weight is 302 g/mol. The number of carboxylic acid groups (broad SMARTS) is 1. The van der Waals surface area contributed by atoms with Crippen LogP contribution in [0.2, 0.25) is 0 Å². The van der Waals surface area contributed by atoms with E-state index in [-0.39, 0.29) is 11.9 Å². The van der Waals surface area contributed by atoms with Gasteiger partial charge in [0.2, 0.25) is 0 Å². The van der Waals surface area contributed by atoms with E-state index >= 15 is 0 Å². The maximum absolute atomic E-state index is 13.1. The highest BCUT2D eigenvalue weighted by Crippen LogP contribution is 2.30. The molecule has 92 valence electrons. The molecule has 0 atom stereocenters. The Balaban J connectivity index is 2.31. The van der Waals surface area contributed by atoms with Crippen molar-refractivity contribution in [1.29, 1.82) is 0 Å². The van der Waals surface area contributed by atoms with Crippen LogP contribution >= 0.6 is 15.9 Å². The van der Waals surface area contributed by atoms with Crippen molar-refractivity contribution in [3.05, 3.63) is 28.5 Å². The molecule has 0 heterocycles. The van der Waals surface area contributed by atoms with Crippen molar-refractivity contribution in [3.63, 3.8) is 0 Å². The summed E-state index contributed by atoms with van der Waals surface area (Å²) in [7, 11) is 0. The van der Waals surface area contributed by atoms with Crippen molar-refractivity contribution in [1.82, 2.24) is 0 Å². The first-order valence-corrected chi connectivity index (χ1v) is 6.36. The van der Waals surface area contributed by atoms with E-state index in [2.05, 4.69) is 15.9 Å². The second kappa shape index (κ2) is 5.04. The summed E-state index contributed by atoms with van der Waals surface area (Å²) in [4.78, 5) is 12.6. The number of hydrogen-bond donors (Lipinski definition) is 1. The molecule has 0 unspecified atom stereocenters. The predicted octanol–water partition coefficient (Wildman–Crippen LogP) is 4.02. The summed E-state index contributed by atoms with van der Waals surface area (Å²) in [5, 5.41) is 9.26. The van der Waals surface area contributed by atoms with Gasteiger partial charge in [-0.2, -0.15) is 0 Å². The molecule has 1 fully saturated rings. The smallest absolute Gasteiger partial charge is 0.412 e. The van der Waals surface area contributed by atoms with Gasteiger partial charge >= 0.3 is 6.09 Å². The lowest BCUT2D eigenvalue weighted by molar-refractivity contribution is 0.199. The molecule has 1 aliphatic rings. The molecule has 3 nitrogen and oxygen atoms in total. The third kappa shape index (κ3) is 2.60. The molecule has 1 saturated carbocycles. The third-order valence-electron chi connectivity index (χ3n) is 3.08. The van der Waals surface area contributed by atoms with E-state index in [1.165, 1.54) is 23.1 Å². The van der Waals surface area contributed by atoms with E-state index in [1.54, 1.807) is 0 Å². The van der Waals surface area contributed by atoms with Crippen molar-refractivity contribution in [2.45, 2.75) is 31.7 Å². The molecular weight excluding hydrogens is 289 g/mol. The molecule has 0 bridgehead atoms. The molecule has 17 heavy (non-hydrogen) atoms. The summed E-state index contributed by atoms with van der Waals surface area (Å²) in [5.74, 6) is -0.384. The van der Waals surface area contributed by atoms with Crippen LogP contribution in [0.5, 0.6) is 0 Å². The lowest BCUT2D eigenvalue weighted by Gasteiger charge is -2.26. The molecule has 1 N–H and O–H groups in total. The number of hydrogen-bond acceptors (Lipinski definition) is 1. The van der Waals surface area contributed by atoms with Gasteiger partial charge in [-0.25, -0.2) is 9.18 Å². The number of anilines is 1. The van der Waals surface area contributed by atoms with Crippen molar-refractivity contribution in [2.24, 2.45) is 0 Å². The van der Waals surface area contributed by atoms with Crippen molar-refractivity contribution < 1.29 is 14.3 Å². The van der Waals surface area contributed by atoms with Crippen LogP contribution in [0, 0.1) is 5.82 Å². The molecule has 2 rings (SSSR count). The van der Waals surface area contributed by atoms with Crippen LogP contribution in [0.1, 0.15) is 25.7 Å². The van der Waals surface area contributed by atoms with Gasteiger partial charge in [0.1, 0.15) is 5.82 Å². The van der Waals surface area contributed by atoms with Crippen LogP contribution in [0.3, 0.4) is 0 Å². The quantitative estimate of drug-likeness (QED) is 0.896. The van der Waals surface area contributed by atoms with Crippen LogP contribution in [0.15, 0.2) is 22.7 Å². The van der Waals surface area contributed by atoms with E-state index in [1.807, 2.05) is 0 Å². The molecule has 5 heteroatoms. The van der Waals surface area contributed by atoms with Gasteiger partial charge in [-0.15, -0.1) is 0 Å². The number of rotatable bonds is 2. The van der Waals surface area contributed by atoms with E-state index in [0.717, 1.165) is 25.7 Å². The zero-order valence-corrected chi connectivity index (χ0v) is 10.8. The summed E-state index contributed by atoms with van der Waals surface area (Å²) in [6, 6.07) is 4.32. The average Bonchev–Trinajstić information content (AvgIpc) is 2.76. The standard InChI is InChI=1S/C12H13BrFNO2/c13-10-7-9(5-6-11(10)14)15(12(16)17)8-3-1-2-4-8/h5-8H,1-4H2,(H,16,17). The highest BCUT2D eigenvalue weighted by Gasteiger charge is 2.28. The Morgan fingerprint density at radius 2 is 2.06 bits per heavy atom. The predicted molar refractivity (Wildman–Crippen MR) is 66.9 cm³/mol. The first-order chi connectivity index (χ1) is 8.09. The van der Waals surface area contributed by atoms with Gasteiger partial charge < -0.3 is 5.11 Å². The number of nitrogens with zero attached hydrogens (tertiary/aromatic N) is 1. The van der Waals surface area contributed by atoms with Crippen molar-refractivity contribution >= 4 is 27.7 Å².